The Morgan fingerprint density at radius 1 is 1.47 bits per heavy atom. The van der Waals surface area contributed by atoms with Gasteiger partial charge in [-0.05, 0) is 50.8 Å². The van der Waals surface area contributed by atoms with Crippen molar-refractivity contribution in [2.24, 2.45) is 5.92 Å². The van der Waals surface area contributed by atoms with Gasteiger partial charge in [-0.1, -0.05) is 0 Å². The second-order valence-electron chi connectivity index (χ2n) is 5.86. The molecule has 0 aromatic carbocycles. The van der Waals surface area contributed by atoms with E-state index < -0.39 is 5.54 Å². The minimum atomic E-state index is -0.474. The van der Waals surface area contributed by atoms with Crippen molar-refractivity contribution in [3.63, 3.8) is 0 Å². The number of rotatable bonds is 4. The van der Waals surface area contributed by atoms with Crippen LogP contribution < -0.4 is 5.32 Å². The van der Waals surface area contributed by atoms with Crippen LogP contribution in [0.15, 0.2) is 18.5 Å². The van der Waals surface area contributed by atoms with Crippen molar-refractivity contribution in [3.05, 3.63) is 18.5 Å². The SMILES string of the molecule is CN(CC1CC1)C(=O)C1(n2cccn2)CCNCC1. The van der Waals surface area contributed by atoms with Crippen molar-refractivity contribution in [1.29, 1.82) is 0 Å². The number of hydrogen-bond donors (Lipinski definition) is 1. The van der Waals surface area contributed by atoms with Gasteiger partial charge in [-0.2, -0.15) is 5.10 Å². The summed E-state index contributed by atoms with van der Waals surface area (Å²) in [5.41, 5.74) is -0.474. The fourth-order valence-electron chi connectivity index (χ4n) is 3.03. The molecule has 0 radical (unpaired) electrons. The number of carbonyl (C=O) groups excluding carboxylic acids is 1. The number of likely N-dealkylation sites (N-methyl/N-ethyl adjacent to an activating group) is 1. The molecule has 3 rings (SSSR count). The molecule has 5 heteroatoms. The second kappa shape index (κ2) is 4.96. The van der Waals surface area contributed by atoms with E-state index in [1.54, 1.807) is 6.20 Å². The Kier molecular flexibility index (Phi) is 3.31. The number of nitrogens with one attached hydrogen (secondary N) is 1. The lowest BCUT2D eigenvalue weighted by Crippen LogP contribution is -2.55. The first-order chi connectivity index (χ1) is 9.22. The van der Waals surface area contributed by atoms with Gasteiger partial charge in [-0.3, -0.25) is 9.48 Å². The van der Waals surface area contributed by atoms with Gasteiger partial charge < -0.3 is 10.2 Å². The van der Waals surface area contributed by atoms with Crippen molar-refractivity contribution in [2.75, 3.05) is 26.7 Å². The zero-order valence-electron chi connectivity index (χ0n) is 11.5. The van der Waals surface area contributed by atoms with E-state index in [1.807, 2.05) is 28.9 Å². The van der Waals surface area contributed by atoms with E-state index >= 15 is 0 Å². The molecule has 1 amide bonds. The third-order valence-electron chi connectivity index (χ3n) is 4.35. The number of hydrogen-bond acceptors (Lipinski definition) is 3. The highest BCUT2D eigenvalue weighted by molar-refractivity contribution is 5.84. The third kappa shape index (κ3) is 2.39. The fourth-order valence-corrected chi connectivity index (χ4v) is 3.03. The predicted octanol–water partition coefficient (Wildman–Crippen LogP) is 0.830. The van der Waals surface area contributed by atoms with Crippen molar-refractivity contribution in [2.45, 2.75) is 31.2 Å². The molecule has 1 aromatic rings. The quantitative estimate of drug-likeness (QED) is 0.874. The van der Waals surface area contributed by atoms with Gasteiger partial charge >= 0.3 is 0 Å². The number of aromatic nitrogens is 2. The second-order valence-corrected chi connectivity index (χ2v) is 5.86. The van der Waals surface area contributed by atoms with Gasteiger partial charge in [0.15, 0.2) is 0 Å². The molecule has 1 aromatic heterocycles. The molecule has 1 aliphatic heterocycles. The lowest BCUT2D eigenvalue weighted by molar-refractivity contribution is -0.142. The highest BCUT2D eigenvalue weighted by Crippen LogP contribution is 2.33. The first kappa shape index (κ1) is 12.7. The number of piperidine rings is 1. The maximum atomic E-state index is 12.9. The molecule has 2 aliphatic rings. The van der Waals surface area contributed by atoms with E-state index in [9.17, 15) is 4.79 Å². The van der Waals surface area contributed by atoms with E-state index in [1.165, 1.54) is 12.8 Å². The summed E-state index contributed by atoms with van der Waals surface area (Å²) >= 11 is 0. The van der Waals surface area contributed by atoms with E-state index in [0.717, 1.165) is 38.4 Å². The Hall–Kier alpha value is -1.36. The Morgan fingerprint density at radius 2 is 2.21 bits per heavy atom. The standard InChI is InChI=1S/C14H22N4O/c1-17(11-12-3-4-12)13(19)14(5-8-15-9-6-14)18-10-2-7-16-18/h2,7,10,12,15H,3-6,8-9,11H2,1H3. The number of nitrogens with zero attached hydrogens (tertiary/aromatic N) is 3. The Balaban J connectivity index is 1.83. The smallest absolute Gasteiger partial charge is 0.250 e. The lowest BCUT2D eigenvalue weighted by atomic mass is 9.87. The van der Waals surface area contributed by atoms with Gasteiger partial charge in [0.1, 0.15) is 5.54 Å². The van der Waals surface area contributed by atoms with Crippen LogP contribution in [0.2, 0.25) is 0 Å². The molecule has 104 valence electrons. The number of amides is 1. The van der Waals surface area contributed by atoms with Gasteiger partial charge in [0.2, 0.25) is 5.91 Å². The molecule has 1 saturated heterocycles. The van der Waals surface area contributed by atoms with Crippen LogP contribution in [0.1, 0.15) is 25.7 Å². The molecule has 0 unspecified atom stereocenters. The van der Waals surface area contributed by atoms with Crippen molar-refractivity contribution in [3.8, 4) is 0 Å². The van der Waals surface area contributed by atoms with Crippen molar-refractivity contribution < 1.29 is 4.79 Å². The minimum Gasteiger partial charge on any atom is -0.343 e. The average molecular weight is 262 g/mol. The molecule has 19 heavy (non-hydrogen) atoms. The van der Waals surface area contributed by atoms with E-state index in [4.69, 9.17) is 0 Å². The molecule has 5 nitrogen and oxygen atoms in total. The molecule has 2 heterocycles. The summed E-state index contributed by atoms with van der Waals surface area (Å²) in [7, 11) is 1.94. The highest BCUT2D eigenvalue weighted by Gasteiger charge is 2.44. The molecule has 1 N–H and O–H groups in total. The Morgan fingerprint density at radius 3 is 2.79 bits per heavy atom. The maximum Gasteiger partial charge on any atom is 0.250 e. The fraction of sp³-hybridized carbons (Fsp3) is 0.714. The monoisotopic (exact) mass is 262 g/mol. The highest BCUT2D eigenvalue weighted by atomic mass is 16.2. The summed E-state index contributed by atoms with van der Waals surface area (Å²) in [6, 6.07) is 1.90. The first-order valence-corrected chi connectivity index (χ1v) is 7.19. The molecule has 0 bridgehead atoms. The molecule has 0 atom stereocenters. The summed E-state index contributed by atoms with van der Waals surface area (Å²) in [6.45, 7) is 2.65. The molecular formula is C14H22N4O. The van der Waals surface area contributed by atoms with Crippen LogP contribution in [0.4, 0.5) is 0 Å². The number of carbonyl (C=O) groups is 1. The predicted molar refractivity (Wildman–Crippen MR) is 72.7 cm³/mol. The van der Waals surface area contributed by atoms with Crippen LogP contribution >= 0.6 is 0 Å². The summed E-state index contributed by atoms with van der Waals surface area (Å²) in [6.07, 6.45) is 7.87. The third-order valence-corrected chi connectivity index (χ3v) is 4.35. The summed E-state index contributed by atoms with van der Waals surface area (Å²) in [5.74, 6) is 0.954. The lowest BCUT2D eigenvalue weighted by Gasteiger charge is -2.39. The first-order valence-electron chi connectivity index (χ1n) is 7.19. The van der Waals surface area contributed by atoms with Crippen LogP contribution in [0.25, 0.3) is 0 Å². The van der Waals surface area contributed by atoms with Crippen molar-refractivity contribution in [1.82, 2.24) is 20.0 Å². The van der Waals surface area contributed by atoms with E-state index in [2.05, 4.69) is 10.4 Å². The van der Waals surface area contributed by atoms with Crippen LogP contribution in [0, 0.1) is 5.92 Å². The normalized spacial score (nSPS) is 22.2. The summed E-state index contributed by atoms with van der Waals surface area (Å²) in [5, 5.41) is 7.69. The zero-order chi connectivity index (χ0) is 13.3. The molecule has 1 saturated carbocycles. The van der Waals surface area contributed by atoms with Gasteiger partial charge in [0.05, 0.1) is 0 Å². The molecular weight excluding hydrogens is 240 g/mol. The summed E-state index contributed by atoms with van der Waals surface area (Å²) in [4.78, 5) is 14.8. The average Bonchev–Trinajstić information content (AvgIpc) is 3.08. The van der Waals surface area contributed by atoms with Crippen molar-refractivity contribution >= 4 is 5.91 Å². The Labute approximate surface area is 114 Å². The largest absolute Gasteiger partial charge is 0.343 e. The zero-order valence-corrected chi connectivity index (χ0v) is 11.5. The van der Waals surface area contributed by atoms with Crippen LogP contribution in [-0.2, 0) is 10.3 Å². The van der Waals surface area contributed by atoms with E-state index in [0.29, 0.717) is 0 Å². The van der Waals surface area contributed by atoms with Crippen LogP contribution in [0.3, 0.4) is 0 Å². The molecule has 0 spiro atoms. The van der Waals surface area contributed by atoms with Crippen LogP contribution in [-0.4, -0.2) is 47.3 Å². The molecule has 2 fully saturated rings. The van der Waals surface area contributed by atoms with Gasteiger partial charge in [-0.15, -0.1) is 0 Å². The van der Waals surface area contributed by atoms with Gasteiger partial charge in [-0.25, -0.2) is 0 Å². The van der Waals surface area contributed by atoms with Gasteiger partial charge in [0, 0.05) is 26.0 Å². The topological polar surface area (TPSA) is 50.2 Å². The van der Waals surface area contributed by atoms with E-state index in [-0.39, 0.29) is 5.91 Å². The Bertz CT molecular complexity index is 432. The summed E-state index contributed by atoms with van der Waals surface area (Å²) < 4.78 is 1.87. The minimum absolute atomic E-state index is 0.226. The van der Waals surface area contributed by atoms with Gasteiger partial charge in [0.25, 0.3) is 0 Å². The molecule has 1 aliphatic carbocycles. The maximum absolute atomic E-state index is 12.9. The van der Waals surface area contributed by atoms with Crippen LogP contribution in [0.5, 0.6) is 0 Å².